The highest BCUT2D eigenvalue weighted by Crippen LogP contribution is 2.24. The number of ether oxygens (including phenoxy) is 1. The zero-order valence-corrected chi connectivity index (χ0v) is 15.1. The molecule has 0 aromatic heterocycles. The molecule has 134 valence electrons. The second-order valence-electron chi connectivity index (χ2n) is 5.85. The predicted molar refractivity (Wildman–Crippen MR) is 99.9 cm³/mol. The molecule has 0 atom stereocenters. The van der Waals surface area contributed by atoms with Crippen LogP contribution in [0, 0.1) is 5.41 Å². The molecule has 0 amide bonds. The summed E-state index contributed by atoms with van der Waals surface area (Å²) in [5.74, 6) is 0.475. The maximum atomic E-state index is 12.6. The third-order valence-corrected chi connectivity index (χ3v) is 5.17. The molecule has 0 radical (unpaired) electrons. The fourth-order valence-electron chi connectivity index (χ4n) is 2.20. The standard InChI is InChI=1S/C18H23N3O3S/c1-13(2)21-10-11-24-14-8-9-17(19)16(12-14)18(20)25(22,23)15-6-4-3-5-7-15/h3-9,12-13,20-21H,10-11,19H2,1-2H3. The lowest BCUT2D eigenvalue weighted by atomic mass is 10.2. The largest absolute Gasteiger partial charge is 0.492 e. The van der Waals surface area contributed by atoms with Gasteiger partial charge in [0.15, 0.2) is 5.04 Å². The van der Waals surface area contributed by atoms with E-state index in [0.29, 0.717) is 24.9 Å². The van der Waals surface area contributed by atoms with Crippen molar-refractivity contribution in [1.82, 2.24) is 5.32 Å². The van der Waals surface area contributed by atoms with Gasteiger partial charge in [0.1, 0.15) is 12.4 Å². The molecule has 6 nitrogen and oxygen atoms in total. The van der Waals surface area contributed by atoms with Gasteiger partial charge in [-0.3, -0.25) is 5.41 Å². The SMILES string of the molecule is CC(C)NCCOc1ccc(N)c(C(=N)S(=O)(=O)c2ccccc2)c1. The lowest BCUT2D eigenvalue weighted by molar-refractivity contribution is 0.309. The first-order valence-corrected chi connectivity index (χ1v) is 9.45. The van der Waals surface area contributed by atoms with E-state index >= 15 is 0 Å². The number of hydrogen-bond donors (Lipinski definition) is 3. The Balaban J connectivity index is 2.21. The molecular formula is C18H23N3O3S. The van der Waals surface area contributed by atoms with Crippen LogP contribution in [0.4, 0.5) is 5.69 Å². The summed E-state index contributed by atoms with van der Waals surface area (Å²) in [7, 11) is -3.93. The van der Waals surface area contributed by atoms with E-state index in [4.69, 9.17) is 15.9 Å². The Labute approximate surface area is 148 Å². The summed E-state index contributed by atoms with van der Waals surface area (Å²) in [6.07, 6.45) is 0. The van der Waals surface area contributed by atoms with Crippen molar-refractivity contribution >= 4 is 20.6 Å². The van der Waals surface area contributed by atoms with E-state index in [-0.39, 0.29) is 16.1 Å². The first-order chi connectivity index (χ1) is 11.8. The van der Waals surface area contributed by atoms with Crippen LogP contribution in [-0.4, -0.2) is 32.7 Å². The minimum Gasteiger partial charge on any atom is -0.492 e. The highest BCUT2D eigenvalue weighted by atomic mass is 32.2. The molecule has 0 aliphatic carbocycles. The second-order valence-corrected chi connectivity index (χ2v) is 7.74. The number of hydrogen-bond acceptors (Lipinski definition) is 6. The molecule has 4 N–H and O–H groups in total. The summed E-state index contributed by atoms with van der Waals surface area (Å²) in [6, 6.07) is 12.9. The van der Waals surface area contributed by atoms with Crippen LogP contribution in [0.3, 0.4) is 0 Å². The van der Waals surface area contributed by atoms with Gasteiger partial charge in [0.05, 0.1) is 4.90 Å². The molecule has 0 fully saturated rings. The van der Waals surface area contributed by atoms with E-state index in [0.717, 1.165) is 0 Å². The molecule has 0 aliphatic rings. The van der Waals surface area contributed by atoms with Gasteiger partial charge in [-0.05, 0) is 30.3 Å². The van der Waals surface area contributed by atoms with Crippen LogP contribution >= 0.6 is 0 Å². The van der Waals surface area contributed by atoms with E-state index in [2.05, 4.69) is 5.32 Å². The number of nitrogen functional groups attached to an aromatic ring is 1. The Morgan fingerprint density at radius 3 is 2.52 bits per heavy atom. The molecule has 2 aromatic carbocycles. The summed E-state index contributed by atoms with van der Waals surface area (Å²) in [6.45, 7) is 5.17. The first-order valence-electron chi connectivity index (χ1n) is 7.97. The number of rotatable bonds is 7. The normalized spacial score (nSPS) is 11.5. The van der Waals surface area contributed by atoms with Crippen molar-refractivity contribution in [3.63, 3.8) is 0 Å². The van der Waals surface area contributed by atoms with E-state index in [1.807, 2.05) is 13.8 Å². The maximum absolute atomic E-state index is 12.6. The topological polar surface area (TPSA) is 105 Å². The summed E-state index contributed by atoms with van der Waals surface area (Å²) in [5.41, 5.74) is 6.24. The van der Waals surface area contributed by atoms with E-state index in [1.54, 1.807) is 30.3 Å². The second kappa shape index (κ2) is 8.13. The average molecular weight is 361 g/mol. The molecule has 2 rings (SSSR count). The predicted octanol–water partition coefficient (Wildman–Crippen LogP) is 2.44. The van der Waals surface area contributed by atoms with E-state index in [1.165, 1.54) is 18.2 Å². The third-order valence-electron chi connectivity index (χ3n) is 3.51. The number of nitrogens with one attached hydrogen (secondary N) is 2. The molecule has 0 aliphatic heterocycles. The van der Waals surface area contributed by atoms with Crippen LogP contribution in [0.25, 0.3) is 0 Å². The Kier molecular flexibility index (Phi) is 6.17. The van der Waals surface area contributed by atoms with Gasteiger partial charge in [-0.1, -0.05) is 32.0 Å². The zero-order valence-electron chi connectivity index (χ0n) is 14.3. The van der Waals surface area contributed by atoms with Crippen LogP contribution in [0.1, 0.15) is 19.4 Å². The highest BCUT2D eigenvalue weighted by Gasteiger charge is 2.24. The average Bonchev–Trinajstić information content (AvgIpc) is 2.60. The third kappa shape index (κ3) is 4.80. The van der Waals surface area contributed by atoms with Gasteiger partial charge < -0.3 is 15.8 Å². The Bertz CT molecular complexity index is 834. The van der Waals surface area contributed by atoms with Gasteiger partial charge in [-0.2, -0.15) is 0 Å². The van der Waals surface area contributed by atoms with Gasteiger partial charge in [-0.25, -0.2) is 8.42 Å². The van der Waals surface area contributed by atoms with Crippen molar-refractivity contribution in [1.29, 1.82) is 5.41 Å². The van der Waals surface area contributed by atoms with Crippen LogP contribution in [-0.2, 0) is 9.84 Å². The van der Waals surface area contributed by atoms with Crippen molar-refractivity contribution in [3.05, 3.63) is 54.1 Å². The fraction of sp³-hybridized carbons (Fsp3) is 0.278. The molecule has 0 spiro atoms. The number of sulfone groups is 1. The Morgan fingerprint density at radius 2 is 1.88 bits per heavy atom. The maximum Gasteiger partial charge on any atom is 0.223 e. The summed E-state index contributed by atoms with van der Waals surface area (Å²) < 4.78 is 30.8. The molecule has 2 aromatic rings. The molecule has 0 unspecified atom stereocenters. The quantitative estimate of drug-likeness (QED) is 0.304. The van der Waals surface area contributed by atoms with Crippen molar-refractivity contribution in [2.24, 2.45) is 0 Å². The van der Waals surface area contributed by atoms with Crippen molar-refractivity contribution < 1.29 is 13.2 Å². The minimum atomic E-state index is -3.93. The van der Waals surface area contributed by atoms with Crippen molar-refractivity contribution in [2.45, 2.75) is 24.8 Å². The van der Waals surface area contributed by atoms with Gasteiger partial charge >= 0.3 is 0 Å². The number of benzene rings is 2. The summed E-state index contributed by atoms with van der Waals surface area (Å²) in [4.78, 5) is 0.0619. The molecular weight excluding hydrogens is 338 g/mol. The summed E-state index contributed by atoms with van der Waals surface area (Å²) >= 11 is 0. The molecule has 7 heteroatoms. The van der Waals surface area contributed by atoms with Crippen LogP contribution in [0.5, 0.6) is 5.75 Å². The van der Waals surface area contributed by atoms with Gasteiger partial charge in [0.2, 0.25) is 9.84 Å². The first kappa shape index (κ1) is 19.0. The molecule has 0 bridgehead atoms. The lowest BCUT2D eigenvalue weighted by Crippen LogP contribution is -2.27. The van der Waals surface area contributed by atoms with E-state index < -0.39 is 14.9 Å². The fourth-order valence-corrected chi connectivity index (χ4v) is 3.42. The highest BCUT2D eigenvalue weighted by molar-refractivity contribution is 8.06. The zero-order chi connectivity index (χ0) is 18.4. The van der Waals surface area contributed by atoms with Crippen LogP contribution in [0.2, 0.25) is 0 Å². The van der Waals surface area contributed by atoms with Crippen molar-refractivity contribution in [3.8, 4) is 5.75 Å². The lowest BCUT2D eigenvalue weighted by Gasteiger charge is -2.13. The van der Waals surface area contributed by atoms with E-state index in [9.17, 15) is 8.42 Å². The smallest absolute Gasteiger partial charge is 0.223 e. The molecule has 0 saturated heterocycles. The van der Waals surface area contributed by atoms with Gasteiger partial charge in [0, 0.05) is 23.8 Å². The number of anilines is 1. The van der Waals surface area contributed by atoms with Gasteiger partial charge in [0.25, 0.3) is 0 Å². The van der Waals surface area contributed by atoms with Crippen molar-refractivity contribution in [2.75, 3.05) is 18.9 Å². The molecule has 0 saturated carbocycles. The molecule has 25 heavy (non-hydrogen) atoms. The van der Waals surface area contributed by atoms with Crippen LogP contribution in [0.15, 0.2) is 53.4 Å². The minimum absolute atomic E-state index is 0.0619. The Hall–Kier alpha value is -2.38. The molecule has 0 heterocycles. The summed E-state index contributed by atoms with van der Waals surface area (Å²) in [5, 5.41) is 10.8. The number of nitrogens with two attached hydrogens (primary N) is 1. The van der Waals surface area contributed by atoms with Crippen LogP contribution < -0.4 is 15.8 Å². The Morgan fingerprint density at radius 1 is 1.20 bits per heavy atom. The van der Waals surface area contributed by atoms with Gasteiger partial charge in [-0.15, -0.1) is 0 Å². The monoisotopic (exact) mass is 361 g/mol.